The van der Waals surface area contributed by atoms with Gasteiger partial charge in [-0.05, 0) is 12.8 Å². The van der Waals surface area contributed by atoms with Gasteiger partial charge in [-0.25, -0.2) is 0 Å². The molecule has 0 aromatic rings. The minimum Gasteiger partial charge on any atom is -0.481 e. The highest BCUT2D eigenvalue weighted by Gasteiger charge is 2.55. The van der Waals surface area contributed by atoms with Crippen LogP contribution < -0.4 is 0 Å². The van der Waals surface area contributed by atoms with Gasteiger partial charge in [0.25, 0.3) is 0 Å². The quantitative estimate of drug-likeness (QED) is 0.707. The lowest BCUT2D eigenvalue weighted by Gasteiger charge is -2.43. The fraction of sp³-hybridized carbons (Fsp3) is 0.818. The first-order valence-corrected chi connectivity index (χ1v) is 9.11. The zero-order valence-corrected chi connectivity index (χ0v) is 11.7. The summed E-state index contributed by atoms with van der Waals surface area (Å²) in [6, 6.07) is 0. The zero-order chi connectivity index (χ0) is 13.1. The van der Waals surface area contributed by atoms with Gasteiger partial charge in [0.05, 0.1) is 19.0 Å². The van der Waals surface area contributed by atoms with Crippen LogP contribution >= 0.6 is 0 Å². The summed E-state index contributed by atoms with van der Waals surface area (Å²) in [5.74, 6) is -2.74. The summed E-state index contributed by atoms with van der Waals surface area (Å²) in [4.78, 5) is 22.8. The third-order valence-corrected chi connectivity index (χ3v) is 7.17. The summed E-state index contributed by atoms with van der Waals surface area (Å²) < 4.78 is 0. The highest BCUT2D eigenvalue weighted by atomic mass is 28.3. The van der Waals surface area contributed by atoms with E-state index in [0.29, 0.717) is 12.8 Å². The smallest absolute Gasteiger partial charge is 0.307 e. The van der Waals surface area contributed by atoms with Crippen molar-refractivity contribution in [3.8, 4) is 0 Å². The summed E-state index contributed by atoms with van der Waals surface area (Å²) in [6.45, 7) is 9.30. The molecule has 0 aliphatic carbocycles. The molecule has 2 atom stereocenters. The van der Waals surface area contributed by atoms with Gasteiger partial charge in [0.15, 0.2) is 0 Å². The molecular formula is C11H22O4Si. The van der Waals surface area contributed by atoms with Crippen molar-refractivity contribution < 1.29 is 19.8 Å². The molecule has 94 valence electrons. The number of hydrogen-bond donors (Lipinski definition) is 2. The molecule has 0 rings (SSSR count). The normalized spacial score (nSPS) is 17.6. The van der Waals surface area contributed by atoms with Crippen molar-refractivity contribution >= 4 is 20.0 Å². The van der Waals surface area contributed by atoms with E-state index in [4.69, 9.17) is 0 Å². The van der Waals surface area contributed by atoms with Crippen molar-refractivity contribution in [3.63, 3.8) is 0 Å². The molecule has 4 nitrogen and oxygen atoms in total. The molecule has 0 aromatic carbocycles. The van der Waals surface area contributed by atoms with Crippen molar-refractivity contribution in [3.05, 3.63) is 0 Å². The average molecular weight is 246 g/mol. The Balaban J connectivity index is 5.71. The van der Waals surface area contributed by atoms with E-state index in [1.54, 1.807) is 13.8 Å². The van der Waals surface area contributed by atoms with E-state index in [1.807, 2.05) is 19.6 Å². The van der Waals surface area contributed by atoms with Gasteiger partial charge in [-0.2, -0.15) is 0 Å². The van der Waals surface area contributed by atoms with Crippen LogP contribution in [0.3, 0.4) is 0 Å². The van der Waals surface area contributed by atoms with Gasteiger partial charge in [-0.3, -0.25) is 9.59 Å². The molecule has 0 aliphatic rings. The van der Waals surface area contributed by atoms with Crippen LogP contribution in [0.2, 0.25) is 24.7 Å². The standard InChI is InChI=1S/C11H22O4Si/c1-6-8(9(12)13)11(7-2,10(14)15)16(3,4)5/h8H,6-7H2,1-5H3,(H,12,13)(H,14,15). The molecule has 0 aromatic heterocycles. The third kappa shape index (κ3) is 2.29. The van der Waals surface area contributed by atoms with Gasteiger partial charge < -0.3 is 10.2 Å². The molecule has 0 amide bonds. The SMILES string of the molecule is CCC(C(=O)O)C(CC)(C(=O)O)[Si](C)(C)C. The van der Waals surface area contributed by atoms with Crippen molar-refractivity contribution in [2.45, 2.75) is 51.4 Å². The molecule has 0 saturated carbocycles. The van der Waals surface area contributed by atoms with Crippen molar-refractivity contribution in [2.24, 2.45) is 5.92 Å². The number of carboxylic acids is 2. The van der Waals surface area contributed by atoms with E-state index < -0.39 is 31.0 Å². The zero-order valence-electron chi connectivity index (χ0n) is 10.7. The molecular weight excluding hydrogens is 224 g/mol. The maximum Gasteiger partial charge on any atom is 0.307 e. The molecule has 0 fully saturated rings. The molecule has 0 saturated heterocycles. The third-order valence-electron chi connectivity index (χ3n) is 3.58. The second-order valence-corrected chi connectivity index (χ2v) is 10.6. The Morgan fingerprint density at radius 3 is 1.69 bits per heavy atom. The predicted octanol–water partition coefficient (Wildman–Crippen LogP) is 2.67. The van der Waals surface area contributed by atoms with Crippen LogP contribution in [0.25, 0.3) is 0 Å². The average Bonchev–Trinajstić information content (AvgIpc) is 2.10. The molecule has 5 heteroatoms. The van der Waals surface area contributed by atoms with Gasteiger partial charge >= 0.3 is 11.9 Å². The first-order chi connectivity index (χ1) is 7.15. The second kappa shape index (κ2) is 4.99. The fourth-order valence-electron chi connectivity index (χ4n) is 2.65. The fourth-order valence-corrected chi connectivity index (χ4v) is 5.73. The molecule has 0 spiro atoms. The molecule has 0 aliphatic heterocycles. The van der Waals surface area contributed by atoms with Crippen LogP contribution in [0.5, 0.6) is 0 Å². The summed E-state index contributed by atoms with van der Waals surface area (Å²) >= 11 is 0. The highest BCUT2D eigenvalue weighted by Crippen LogP contribution is 2.50. The van der Waals surface area contributed by atoms with Crippen molar-refractivity contribution in [2.75, 3.05) is 0 Å². The number of aliphatic carboxylic acids is 2. The summed E-state index contributed by atoms with van der Waals surface area (Å²) in [5, 5.41) is 17.6. The van der Waals surface area contributed by atoms with E-state index >= 15 is 0 Å². The lowest BCUT2D eigenvalue weighted by Crippen LogP contribution is -2.51. The van der Waals surface area contributed by atoms with Crippen LogP contribution in [0.15, 0.2) is 0 Å². The van der Waals surface area contributed by atoms with Gasteiger partial charge in [-0.15, -0.1) is 0 Å². The maximum atomic E-state index is 11.6. The second-order valence-electron chi connectivity index (χ2n) is 5.18. The molecule has 2 unspecified atom stereocenters. The van der Waals surface area contributed by atoms with Gasteiger partial charge in [-0.1, -0.05) is 33.5 Å². The first-order valence-electron chi connectivity index (χ1n) is 5.61. The van der Waals surface area contributed by atoms with E-state index in [-0.39, 0.29) is 0 Å². The summed E-state index contributed by atoms with van der Waals surface area (Å²) in [6.07, 6.45) is 0.739. The van der Waals surface area contributed by atoms with Crippen molar-refractivity contribution in [1.29, 1.82) is 0 Å². The topological polar surface area (TPSA) is 74.6 Å². The predicted molar refractivity (Wildman–Crippen MR) is 65.4 cm³/mol. The van der Waals surface area contributed by atoms with E-state index in [1.165, 1.54) is 0 Å². The number of hydrogen-bond acceptors (Lipinski definition) is 2. The Bertz CT molecular complexity index is 282. The molecule has 0 bridgehead atoms. The Morgan fingerprint density at radius 1 is 1.19 bits per heavy atom. The van der Waals surface area contributed by atoms with Gasteiger partial charge in [0, 0.05) is 0 Å². The lowest BCUT2D eigenvalue weighted by molar-refractivity contribution is -0.153. The van der Waals surface area contributed by atoms with E-state index in [2.05, 4.69) is 0 Å². The Labute approximate surface area is 97.7 Å². The summed E-state index contributed by atoms with van der Waals surface area (Å²) in [7, 11) is -2.13. The van der Waals surface area contributed by atoms with Gasteiger partial charge in [0.1, 0.15) is 0 Å². The van der Waals surface area contributed by atoms with Crippen LogP contribution in [-0.4, -0.2) is 30.2 Å². The molecule has 0 radical (unpaired) electrons. The van der Waals surface area contributed by atoms with Crippen LogP contribution in [0.1, 0.15) is 26.7 Å². The number of carbonyl (C=O) groups is 2. The van der Waals surface area contributed by atoms with E-state index in [0.717, 1.165) is 0 Å². The number of carboxylic acid groups (broad SMARTS) is 2. The Morgan fingerprint density at radius 2 is 1.62 bits per heavy atom. The molecule has 16 heavy (non-hydrogen) atoms. The summed E-state index contributed by atoms with van der Waals surface area (Å²) in [5.41, 5.74) is 0. The largest absolute Gasteiger partial charge is 0.481 e. The molecule has 2 N–H and O–H groups in total. The van der Waals surface area contributed by atoms with E-state index in [9.17, 15) is 19.8 Å². The lowest BCUT2D eigenvalue weighted by atomic mass is 9.86. The van der Waals surface area contributed by atoms with Crippen LogP contribution in [-0.2, 0) is 9.59 Å². The Hall–Kier alpha value is -0.843. The maximum absolute atomic E-state index is 11.6. The number of rotatable bonds is 6. The Kier molecular flexibility index (Phi) is 4.73. The monoisotopic (exact) mass is 246 g/mol. The molecule has 0 heterocycles. The van der Waals surface area contributed by atoms with Crippen molar-refractivity contribution in [1.82, 2.24) is 0 Å². The minimum absolute atomic E-state index is 0.361. The minimum atomic E-state index is -2.13. The van der Waals surface area contributed by atoms with Crippen LogP contribution in [0, 0.1) is 5.92 Å². The highest BCUT2D eigenvalue weighted by molar-refractivity contribution is 6.82. The van der Waals surface area contributed by atoms with Gasteiger partial charge in [0.2, 0.25) is 0 Å². The first kappa shape index (κ1) is 15.2. The van der Waals surface area contributed by atoms with Crippen LogP contribution in [0.4, 0.5) is 0 Å².